The number of aromatic nitrogens is 4. The average molecular weight is 471 g/mol. The lowest BCUT2D eigenvalue weighted by Gasteiger charge is -2.10. The molecule has 0 saturated heterocycles. The predicted molar refractivity (Wildman–Crippen MR) is 125 cm³/mol. The maximum atomic E-state index is 6.34. The number of nitrogens with zero attached hydrogens (tertiary/aromatic N) is 4. The number of hydrogen-bond acceptors (Lipinski definition) is 6. The molecule has 8 heteroatoms. The second kappa shape index (κ2) is 9.11. The average Bonchev–Trinajstić information content (AvgIpc) is 3.17. The fourth-order valence-electron chi connectivity index (χ4n) is 3.23. The van der Waals surface area contributed by atoms with Crippen LogP contribution in [0.25, 0.3) is 27.7 Å². The monoisotopic (exact) mass is 470 g/mol. The zero-order chi connectivity index (χ0) is 20.2. The van der Waals surface area contributed by atoms with Crippen molar-refractivity contribution in [1.82, 2.24) is 24.9 Å². The molecule has 0 radical (unpaired) electrons. The molecule has 4 aromatic rings. The van der Waals surface area contributed by atoms with Crippen LogP contribution in [0.4, 0.5) is 5.82 Å². The maximum Gasteiger partial charge on any atom is 0.165 e. The van der Waals surface area contributed by atoms with E-state index in [1.807, 2.05) is 36.2 Å². The van der Waals surface area contributed by atoms with Gasteiger partial charge < -0.3 is 11.1 Å². The lowest BCUT2D eigenvalue weighted by atomic mass is 10.1. The highest BCUT2D eigenvalue weighted by molar-refractivity contribution is 9.10. The van der Waals surface area contributed by atoms with Crippen molar-refractivity contribution in [1.29, 1.82) is 0 Å². The molecule has 150 valence electrons. The zero-order valence-electron chi connectivity index (χ0n) is 16.2. The lowest BCUT2D eigenvalue weighted by molar-refractivity contribution is 0.665. The first-order chi connectivity index (χ1) is 14.2. The van der Waals surface area contributed by atoms with E-state index in [1.54, 1.807) is 10.7 Å². The predicted octanol–water partition coefficient (Wildman–Crippen LogP) is 4.52. The van der Waals surface area contributed by atoms with Crippen molar-refractivity contribution in [3.8, 4) is 11.1 Å². The minimum atomic E-state index is 0.549. The van der Waals surface area contributed by atoms with Crippen molar-refractivity contribution in [3.63, 3.8) is 0 Å². The third-order valence-electron chi connectivity index (χ3n) is 4.73. The third kappa shape index (κ3) is 4.24. The third-order valence-corrected chi connectivity index (χ3v) is 6.58. The minimum absolute atomic E-state index is 0.549. The van der Waals surface area contributed by atoms with E-state index in [4.69, 9.17) is 10.7 Å². The summed E-state index contributed by atoms with van der Waals surface area (Å²) < 4.78 is 2.46. The minimum Gasteiger partial charge on any atom is -0.383 e. The molecule has 0 saturated carbocycles. The Morgan fingerprint density at radius 1 is 1.24 bits per heavy atom. The van der Waals surface area contributed by atoms with E-state index in [9.17, 15) is 0 Å². The molecule has 0 aliphatic carbocycles. The number of nitrogens with one attached hydrogen (secondary N) is 1. The van der Waals surface area contributed by atoms with Gasteiger partial charge in [0.1, 0.15) is 5.82 Å². The van der Waals surface area contributed by atoms with Gasteiger partial charge in [0.25, 0.3) is 0 Å². The van der Waals surface area contributed by atoms with Crippen molar-refractivity contribution in [2.45, 2.75) is 19.9 Å². The Labute approximate surface area is 182 Å². The normalized spacial score (nSPS) is 11.5. The van der Waals surface area contributed by atoms with Crippen molar-refractivity contribution >= 4 is 50.1 Å². The summed E-state index contributed by atoms with van der Waals surface area (Å²) in [7, 11) is 0. The number of pyridine rings is 1. The quantitative estimate of drug-likeness (QED) is 0.368. The summed E-state index contributed by atoms with van der Waals surface area (Å²) in [5.41, 5.74) is 10.8. The van der Waals surface area contributed by atoms with Crippen LogP contribution >= 0.6 is 27.7 Å². The van der Waals surface area contributed by atoms with Gasteiger partial charge in [-0.1, -0.05) is 25.1 Å². The van der Waals surface area contributed by atoms with Gasteiger partial charge in [-0.15, -0.1) is 0 Å². The van der Waals surface area contributed by atoms with Crippen LogP contribution in [-0.4, -0.2) is 37.6 Å². The van der Waals surface area contributed by atoms with Crippen LogP contribution in [0.3, 0.4) is 0 Å². The van der Waals surface area contributed by atoms with E-state index in [0.29, 0.717) is 12.4 Å². The van der Waals surface area contributed by atoms with Gasteiger partial charge in [0.05, 0.1) is 21.9 Å². The number of para-hydroxylation sites is 1. The van der Waals surface area contributed by atoms with Crippen molar-refractivity contribution in [2.24, 2.45) is 0 Å². The molecule has 3 heterocycles. The Kier molecular flexibility index (Phi) is 6.32. The van der Waals surface area contributed by atoms with E-state index in [-0.39, 0.29) is 0 Å². The standard InChI is InChI=1S/C21H23BrN6S/c1-2-29-9-5-8-24-13-18-19(22)20(23)28-21(27-18)16(12-26-28)15-10-14-6-3-4-7-17(14)25-11-15/h3-4,6-7,10-12,24H,2,5,8-9,13,23H2,1H3. The second-order valence-electron chi connectivity index (χ2n) is 6.70. The number of thioether (sulfide) groups is 1. The van der Waals surface area contributed by atoms with Gasteiger partial charge in [0, 0.05) is 29.3 Å². The summed E-state index contributed by atoms with van der Waals surface area (Å²) in [4.78, 5) is 9.44. The van der Waals surface area contributed by atoms with Crippen molar-refractivity contribution in [2.75, 3.05) is 23.8 Å². The molecule has 6 nitrogen and oxygen atoms in total. The first-order valence-electron chi connectivity index (χ1n) is 9.64. The molecule has 0 fully saturated rings. The molecule has 3 aromatic heterocycles. The van der Waals surface area contributed by atoms with Gasteiger partial charge in [-0.05, 0) is 52.5 Å². The number of fused-ring (bicyclic) bond motifs is 2. The topological polar surface area (TPSA) is 81.1 Å². The number of nitrogens with two attached hydrogens (primary N) is 1. The van der Waals surface area contributed by atoms with Gasteiger partial charge in [0.15, 0.2) is 5.65 Å². The van der Waals surface area contributed by atoms with E-state index < -0.39 is 0 Å². The van der Waals surface area contributed by atoms with Crippen LogP contribution in [-0.2, 0) is 6.54 Å². The summed E-state index contributed by atoms with van der Waals surface area (Å²) in [6.07, 6.45) is 4.80. The first-order valence-corrected chi connectivity index (χ1v) is 11.6. The van der Waals surface area contributed by atoms with Crippen molar-refractivity contribution < 1.29 is 0 Å². The molecule has 0 atom stereocenters. The van der Waals surface area contributed by atoms with Crippen LogP contribution in [0, 0.1) is 0 Å². The summed E-state index contributed by atoms with van der Waals surface area (Å²) >= 11 is 5.55. The molecule has 29 heavy (non-hydrogen) atoms. The Hall–Kier alpha value is -2.16. The molecule has 0 unspecified atom stereocenters. The largest absolute Gasteiger partial charge is 0.383 e. The van der Waals surface area contributed by atoms with Crippen LogP contribution < -0.4 is 11.1 Å². The fraction of sp³-hybridized carbons (Fsp3) is 0.286. The molecule has 0 aliphatic rings. The van der Waals surface area contributed by atoms with Gasteiger partial charge in [0.2, 0.25) is 0 Å². The van der Waals surface area contributed by atoms with E-state index >= 15 is 0 Å². The Bertz CT molecular complexity index is 1140. The van der Waals surface area contributed by atoms with Gasteiger partial charge in [-0.3, -0.25) is 4.98 Å². The molecule has 0 aliphatic heterocycles. The molecular weight excluding hydrogens is 448 g/mol. The Morgan fingerprint density at radius 2 is 2.10 bits per heavy atom. The number of benzene rings is 1. The van der Waals surface area contributed by atoms with Gasteiger partial charge in [-0.2, -0.15) is 21.4 Å². The molecule has 0 amide bonds. The number of halogens is 1. The molecule has 1 aromatic carbocycles. The number of hydrogen-bond donors (Lipinski definition) is 2. The smallest absolute Gasteiger partial charge is 0.165 e. The van der Waals surface area contributed by atoms with Gasteiger partial charge in [-0.25, -0.2) is 4.98 Å². The highest BCUT2D eigenvalue weighted by Crippen LogP contribution is 2.30. The second-order valence-corrected chi connectivity index (χ2v) is 8.88. The molecular formula is C21H23BrN6S. The molecule has 4 rings (SSSR count). The molecule has 3 N–H and O–H groups in total. The molecule has 0 bridgehead atoms. The Morgan fingerprint density at radius 3 is 2.97 bits per heavy atom. The lowest BCUT2D eigenvalue weighted by Crippen LogP contribution is -2.18. The highest BCUT2D eigenvalue weighted by Gasteiger charge is 2.16. The van der Waals surface area contributed by atoms with Crippen LogP contribution in [0.1, 0.15) is 19.0 Å². The van der Waals surface area contributed by atoms with E-state index in [1.165, 1.54) is 5.75 Å². The number of rotatable bonds is 8. The Balaban J connectivity index is 1.64. The zero-order valence-corrected chi connectivity index (χ0v) is 18.6. The first kappa shape index (κ1) is 20.1. The summed E-state index contributed by atoms with van der Waals surface area (Å²) in [5.74, 6) is 2.88. The number of anilines is 1. The van der Waals surface area contributed by atoms with Crippen LogP contribution in [0.15, 0.2) is 47.2 Å². The fourth-order valence-corrected chi connectivity index (χ4v) is 4.27. The maximum absolute atomic E-state index is 6.34. The number of nitrogen functional groups attached to an aromatic ring is 1. The van der Waals surface area contributed by atoms with Crippen LogP contribution in [0.5, 0.6) is 0 Å². The summed E-state index contributed by atoms with van der Waals surface area (Å²) in [6, 6.07) is 10.2. The highest BCUT2D eigenvalue weighted by atomic mass is 79.9. The summed E-state index contributed by atoms with van der Waals surface area (Å²) in [6.45, 7) is 3.79. The van der Waals surface area contributed by atoms with Crippen LogP contribution in [0.2, 0.25) is 0 Å². The summed E-state index contributed by atoms with van der Waals surface area (Å²) in [5, 5.41) is 9.01. The van der Waals surface area contributed by atoms with Crippen molar-refractivity contribution in [3.05, 3.63) is 52.9 Å². The molecule has 0 spiro atoms. The van der Waals surface area contributed by atoms with E-state index in [2.05, 4.69) is 50.4 Å². The van der Waals surface area contributed by atoms with E-state index in [0.717, 1.165) is 56.6 Å². The van der Waals surface area contributed by atoms with Gasteiger partial charge >= 0.3 is 0 Å². The SMILES string of the molecule is CCSCCCNCc1nc2c(-c3cnc4ccccc4c3)cnn2c(N)c1Br.